The summed E-state index contributed by atoms with van der Waals surface area (Å²) < 4.78 is 5.15. The van der Waals surface area contributed by atoms with Crippen molar-refractivity contribution < 1.29 is 14.6 Å². The molecule has 1 N–H and O–H groups in total. The molecule has 0 spiro atoms. The van der Waals surface area contributed by atoms with Crippen LogP contribution < -0.4 is 9.64 Å². The van der Waals surface area contributed by atoms with Gasteiger partial charge >= 0.3 is 5.97 Å². The van der Waals surface area contributed by atoms with E-state index < -0.39 is 5.97 Å². The van der Waals surface area contributed by atoms with Gasteiger partial charge in [0.05, 0.1) is 7.11 Å². The molecule has 2 rings (SSSR count). The number of aliphatic carboxylic acids is 1. The minimum absolute atomic E-state index is 0.299. The zero-order valence-corrected chi connectivity index (χ0v) is 11.3. The fourth-order valence-corrected chi connectivity index (χ4v) is 2.60. The summed E-state index contributed by atoms with van der Waals surface area (Å²) in [7, 11) is 1.67. The first kappa shape index (κ1) is 13.7. The van der Waals surface area contributed by atoms with Crippen molar-refractivity contribution >= 4 is 11.7 Å². The molecule has 1 heterocycles. The maximum atomic E-state index is 10.6. The molecule has 0 aliphatic carbocycles. The molecular formula is C15H21NO3. The molecule has 1 saturated heterocycles. The Balaban J connectivity index is 1.83. The van der Waals surface area contributed by atoms with Crippen molar-refractivity contribution in [1.29, 1.82) is 0 Å². The highest BCUT2D eigenvalue weighted by molar-refractivity contribution is 5.66. The molecule has 0 saturated carbocycles. The first-order valence-corrected chi connectivity index (χ1v) is 6.80. The van der Waals surface area contributed by atoms with Crippen molar-refractivity contribution in [2.45, 2.75) is 25.7 Å². The van der Waals surface area contributed by atoms with Gasteiger partial charge in [0.25, 0.3) is 0 Å². The number of rotatable bonds is 5. The Bertz CT molecular complexity index is 408. The van der Waals surface area contributed by atoms with Gasteiger partial charge in [0.1, 0.15) is 5.75 Å². The number of ether oxygens (including phenoxy) is 1. The van der Waals surface area contributed by atoms with Crippen LogP contribution in [0.4, 0.5) is 5.69 Å². The van der Waals surface area contributed by atoms with Crippen molar-refractivity contribution in [3.63, 3.8) is 0 Å². The van der Waals surface area contributed by atoms with Gasteiger partial charge in [-0.3, -0.25) is 4.79 Å². The van der Waals surface area contributed by atoms with Gasteiger partial charge in [0.2, 0.25) is 0 Å². The standard InChI is InChI=1S/C15H21NO3/c1-19-14-5-3-13(4-6-14)16-10-8-12(9-11-16)2-7-15(17)18/h3-6,12H,2,7-11H2,1H3,(H,17,18). The van der Waals surface area contributed by atoms with E-state index in [0.717, 1.165) is 38.1 Å². The van der Waals surface area contributed by atoms with E-state index >= 15 is 0 Å². The van der Waals surface area contributed by atoms with Gasteiger partial charge in [0.15, 0.2) is 0 Å². The number of nitrogens with zero attached hydrogens (tertiary/aromatic N) is 1. The molecule has 0 unspecified atom stereocenters. The van der Waals surface area contributed by atoms with Crippen molar-refractivity contribution in [3.8, 4) is 5.75 Å². The monoisotopic (exact) mass is 263 g/mol. The Hall–Kier alpha value is -1.71. The van der Waals surface area contributed by atoms with Gasteiger partial charge in [-0.15, -0.1) is 0 Å². The molecule has 4 nitrogen and oxygen atoms in total. The number of piperidine rings is 1. The first-order chi connectivity index (χ1) is 9.19. The zero-order chi connectivity index (χ0) is 13.7. The molecule has 104 valence electrons. The Labute approximate surface area is 114 Å². The number of hydrogen-bond donors (Lipinski definition) is 1. The molecule has 0 aromatic heterocycles. The van der Waals surface area contributed by atoms with E-state index in [-0.39, 0.29) is 0 Å². The molecule has 0 atom stereocenters. The van der Waals surface area contributed by atoms with Gasteiger partial charge < -0.3 is 14.7 Å². The molecule has 0 radical (unpaired) electrons. The Morgan fingerprint density at radius 2 is 1.95 bits per heavy atom. The minimum atomic E-state index is -0.683. The fourth-order valence-electron chi connectivity index (χ4n) is 2.60. The largest absolute Gasteiger partial charge is 0.497 e. The summed E-state index contributed by atoms with van der Waals surface area (Å²) >= 11 is 0. The Kier molecular flexibility index (Phi) is 4.66. The van der Waals surface area contributed by atoms with Crippen LogP contribution in [0.25, 0.3) is 0 Å². The lowest BCUT2D eigenvalue weighted by Gasteiger charge is -2.33. The summed E-state index contributed by atoms with van der Waals surface area (Å²) in [5, 5.41) is 8.70. The lowest BCUT2D eigenvalue weighted by molar-refractivity contribution is -0.137. The van der Waals surface area contributed by atoms with Crippen LogP contribution in [0.5, 0.6) is 5.75 Å². The number of methoxy groups -OCH3 is 1. The summed E-state index contributed by atoms with van der Waals surface area (Å²) in [6.07, 6.45) is 3.28. The topological polar surface area (TPSA) is 49.8 Å². The molecule has 4 heteroatoms. The van der Waals surface area contributed by atoms with E-state index in [1.807, 2.05) is 12.1 Å². The number of carbonyl (C=O) groups is 1. The van der Waals surface area contributed by atoms with Gasteiger partial charge in [-0.1, -0.05) is 0 Å². The van der Waals surface area contributed by atoms with Crippen LogP contribution in [-0.4, -0.2) is 31.3 Å². The average Bonchev–Trinajstić information content (AvgIpc) is 2.46. The third-order valence-corrected chi connectivity index (χ3v) is 3.82. The van der Waals surface area contributed by atoms with E-state index in [2.05, 4.69) is 17.0 Å². The van der Waals surface area contributed by atoms with Crippen LogP contribution in [0.15, 0.2) is 24.3 Å². The number of benzene rings is 1. The van der Waals surface area contributed by atoms with Crippen molar-refractivity contribution in [2.24, 2.45) is 5.92 Å². The van der Waals surface area contributed by atoms with Crippen molar-refractivity contribution in [2.75, 3.05) is 25.1 Å². The van der Waals surface area contributed by atoms with Gasteiger partial charge in [0, 0.05) is 25.2 Å². The molecule has 1 aromatic carbocycles. The first-order valence-electron chi connectivity index (χ1n) is 6.80. The van der Waals surface area contributed by atoms with Gasteiger partial charge in [-0.25, -0.2) is 0 Å². The fraction of sp³-hybridized carbons (Fsp3) is 0.533. The van der Waals surface area contributed by atoms with Gasteiger partial charge in [-0.2, -0.15) is 0 Å². The van der Waals surface area contributed by atoms with Crippen molar-refractivity contribution in [1.82, 2.24) is 0 Å². The SMILES string of the molecule is COc1ccc(N2CCC(CCC(=O)O)CC2)cc1. The summed E-state index contributed by atoms with van der Waals surface area (Å²) in [4.78, 5) is 12.9. The van der Waals surface area contributed by atoms with Crippen LogP contribution >= 0.6 is 0 Å². The summed E-state index contributed by atoms with van der Waals surface area (Å²) in [6, 6.07) is 8.12. The molecule has 1 aromatic rings. The second-order valence-corrected chi connectivity index (χ2v) is 5.06. The third kappa shape index (κ3) is 3.88. The number of anilines is 1. The number of hydrogen-bond acceptors (Lipinski definition) is 3. The Morgan fingerprint density at radius 3 is 2.47 bits per heavy atom. The molecule has 0 amide bonds. The smallest absolute Gasteiger partial charge is 0.303 e. The van der Waals surface area contributed by atoms with Crippen LogP contribution in [0.2, 0.25) is 0 Å². The molecule has 1 aliphatic heterocycles. The maximum Gasteiger partial charge on any atom is 0.303 e. The highest BCUT2D eigenvalue weighted by atomic mass is 16.5. The minimum Gasteiger partial charge on any atom is -0.497 e. The predicted molar refractivity (Wildman–Crippen MR) is 74.8 cm³/mol. The summed E-state index contributed by atoms with van der Waals surface area (Å²) in [5.74, 6) is 0.753. The average molecular weight is 263 g/mol. The van der Waals surface area contributed by atoms with E-state index in [1.165, 1.54) is 5.69 Å². The van der Waals surface area contributed by atoms with Crippen LogP contribution in [0.3, 0.4) is 0 Å². The molecule has 1 aliphatic rings. The molecular weight excluding hydrogens is 242 g/mol. The second kappa shape index (κ2) is 6.45. The highest BCUT2D eigenvalue weighted by Crippen LogP contribution is 2.27. The van der Waals surface area contributed by atoms with Crippen molar-refractivity contribution in [3.05, 3.63) is 24.3 Å². The van der Waals surface area contributed by atoms with Crippen LogP contribution in [0, 0.1) is 5.92 Å². The maximum absolute atomic E-state index is 10.6. The van der Waals surface area contributed by atoms with Crippen LogP contribution in [-0.2, 0) is 4.79 Å². The lowest BCUT2D eigenvalue weighted by atomic mass is 9.92. The highest BCUT2D eigenvalue weighted by Gasteiger charge is 2.19. The third-order valence-electron chi connectivity index (χ3n) is 3.82. The summed E-state index contributed by atoms with van der Waals surface area (Å²) in [5.41, 5.74) is 1.22. The predicted octanol–water partition coefficient (Wildman–Crippen LogP) is 2.78. The van der Waals surface area contributed by atoms with E-state index in [0.29, 0.717) is 12.3 Å². The molecule has 1 fully saturated rings. The molecule has 19 heavy (non-hydrogen) atoms. The second-order valence-electron chi connectivity index (χ2n) is 5.06. The summed E-state index contributed by atoms with van der Waals surface area (Å²) in [6.45, 7) is 2.02. The zero-order valence-electron chi connectivity index (χ0n) is 11.3. The lowest BCUT2D eigenvalue weighted by Crippen LogP contribution is -2.33. The van der Waals surface area contributed by atoms with Gasteiger partial charge in [-0.05, 0) is 49.4 Å². The Morgan fingerprint density at radius 1 is 1.32 bits per heavy atom. The number of carboxylic acids is 1. The van der Waals surface area contributed by atoms with E-state index in [1.54, 1.807) is 7.11 Å². The van der Waals surface area contributed by atoms with Crippen LogP contribution in [0.1, 0.15) is 25.7 Å². The quantitative estimate of drug-likeness (QED) is 0.887. The van der Waals surface area contributed by atoms with E-state index in [4.69, 9.17) is 9.84 Å². The van der Waals surface area contributed by atoms with E-state index in [9.17, 15) is 4.79 Å². The number of carboxylic acid groups (broad SMARTS) is 1. The normalized spacial score (nSPS) is 16.4. The molecule has 0 bridgehead atoms.